The highest BCUT2D eigenvalue weighted by atomic mass is 16.3. The van der Waals surface area contributed by atoms with Crippen LogP contribution in [0.5, 0.6) is 0 Å². The number of hydrogen-bond donors (Lipinski definition) is 3. The van der Waals surface area contributed by atoms with Crippen LogP contribution in [0, 0.1) is 0 Å². The zero-order chi connectivity index (χ0) is 24.2. The molecule has 1 aliphatic carbocycles. The lowest BCUT2D eigenvalue weighted by Crippen LogP contribution is -2.25. The van der Waals surface area contributed by atoms with Gasteiger partial charge in [-0.3, -0.25) is 9.78 Å². The van der Waals surface area contributed by atoms with Gasteiger partial charge in [-0.2, -0.15) is 4.98 Å². The number of hydrogen-bond acceptors (Lipinski definition) is 7. The van der Waals surface area contributed by atoms with Gasteiger partial charge in [0.15, 0.2) is 5.65 Å². The summed E-state index contributed by atoms with van der Waals surface area (Å²) >= 11 is 0. The van der Waals surface area contributed by atoms with Crippen LogP contribution in [0.1, 0.15) is 49.6 Å². The van der Waals surface area contributed by atoms with E-state index in [1.165, 1.54) is 11.1 Å². The predicted molar refractivity (Wildman–Crippen MR) is 134 cm³/mol. The largest absolute Gasteiger partial charge is 0.395 e. The molecule has 0 bridgehead atoms. The Balaban J connectivity index is 1.46. The van der Waals surface area contributed by atoms with E-state index in [9.17, 15) is 9.90 Å². The van der Waals surface area contributed by atoms with Crippen molar-refractivity contribution >= 4 is 22.7 Å². The molecule has 1 fully saturated rings. The van der Waals surface area contributed by atoms with Crippen LogP contribution in [-0.4, -0.2) is 42.6 Å². The quantitative estimate of drug-likeness (QED) is 0.397. The van der Waals surface area contributed by atoms with Gasteiger partial charge in [0.1, 0.15) is 5.39 Å². The summed E-state index contributed by atoms with van der Waals surface area (Å²) in [6.45, 7) is 5.72. The second kappa shape index (κ2) is 8.28. The number of pyridine rings is 1. The SMILES string of the molecule is CC(C)(CO)c1cc(-n2c3nc(Nc4ccc5c(c4)CCNC5)ncc3c(=O)n2C2CC2)ccn1. The van der Waals surface area contributed by atoms with Gasteiger partial charge in [0.25, 0.3) is 5.56 Å². The van der Waals surface area contributed by atoms with Crippen LogP contribution in [0.25, 0.3) is 16.7 Å². The van der Waals surface area contributed by atoms with Crippen molar-refractivity contribution in [1.82, 2.24) is 29.6 Å². The first-order valence-electron chi connectivity index (χ1n) is 12.1. The van der Waals surface area contributed by atoms with E-state index in [0.29, 0.717) is 17.0 Å². The third-order valence-corrected chi connectivity index (χ3v) is 6.94. The Morgan fingerprint density at radius 3 is 2.83 bits per heavy atom. The second-order valence-corrected chi connectivity index (χ2v) is 10.1. The Labute approximate surface area is 202 Å². The van der Waals surface area contributed by atoms with Crippen molar-refractivity contribution in [2.75, 3.05) is 18.5 Å². The number of benzene rings is 1. The number of rotatable bonds is 6. The molecule has 6 rings (SSSR count). The summed E-state index contributed by atoms with van der Waals surface area (Å²) < 4.78 is 3.68. The molecule has 35 heavy (non-hydrogen) atoms. The summed E-state index contributed by atoms with van der Waals surface area (Å²) in [7, 11) is 0. The first kappa shape index (κ1) is 21.9. The van der Waals surface area contributed by atoms with Gasteiger partial charge in [0.2, 0.25) is 5.95 Å². The maximum atomic E-state index is 13.4. The minimum atomic E-state index is -0.507. The number of aromatic nitrogens is 5. The second-order valence-electron chi connectivity index (χ2n) is 10.1. The van der Waals surface area contributed by atoms with Crippen LogP contribution in [0.4, 0.5) is 11.6 Å². The maximum absolute atomic E-state index is 13.4. The number of aliphatic hydroxyl groups excluding tert-OH is 1. The van der Waals surface area contributed by atoms with Gasteiger partial charge in [-0.05, 0) is 61.2 Å². The smallest absolute Gasteiger partial charge is 0.278 e. The van der Waals surface area contributed by atoms with Crippen LogP contribution in [-0.2, 0) is 18.4 Å². The molecular formula is C26H29N7O2. The number of aliphatic hydroxyl groups is 1. The van der Waals surface area contributed by atoms with Gasteiger partial charge < -0.3 is 15.7 Å². The number of anilines is 2. The standard InChI is InChI=1S/C26H29N7O2/c1-26(2,15-34)22-12-20(8-10-28-22)32-23-21(24(35)33(32)19-5-6-19)14-29-25(31-23)30-18-4-3-17-13-27-9-7-16(17)11-18/h3-4,8,10-12,14,19,27,34H,5-7,9,13,15H2,1-2H3,(H,29,30,31). The molecule has 1 aromatic carbocycles. The van der Waals surface area contributed by atoms with Gasteiger partial charge in [0.05, 0.1) is 24.0 Å². The fraction of sp³-hybridized carbons (Fsp3) is 0.385. The van der Waals surface area contributed by atoms with Gasteiger partial charge in [-0.1, -0.05) is 19.9 Å². The Morgan fingerprint density at radius 1 is 1.17 bits per heavy atom. The van der Waals surface area contributed by atoms with Crippen LogP contribution < -0.4 is 16.2 Å². The van der Waals surface area contributed by atoms with Crippen molar-refractivity contribution in [1.29, 1.82) is 0 Å². The first-order valence-corrected chi connectivity index (χ1v) is 12.1. The summed E-state index contributed by atoms with van der Waals surface area (Å²) in [5.74, 6) is 0.443. The Hall–Kier alpha value is -3.56. The minimum Gasteiger partial charge on any atom is -0.395 e. The molecule has 9 nitrogen and oxygen atoms in total. The molecule has 1 aliphatic heterocycles. The molecule has 0 amide bonds. The third kappa shape index (κ3) is 3.90. The summed E-state index contributed by atoms with van der Waals surface area (Å²) in [6, 6.07) is 10.3. The molecule has 1 saturated carbocycles. The van der Waals surface area contributed by atoms with E-state index in [4.69, 9.17) is 4.98 Å². The van der Waals surface area contributed by atoms with Crippen molar-refractivity contribution in [2.24, 2.45) is 0 Å². The number of nitrogens with one attached hydrogen (secondary N) is 2. The summed E-state index contributed by atoms with van der Waals surface area (Å²) in [4.78, 5) is 27.1. The average molecular weight is 472 g/mol. The topological polar surface area (TPSA) is 110 Å². The van der Waals surface area contributed by atoms with Crippen LogP contribution >= 0.6 is 0 Å². The highest BCUT2D eigenvalue weighted by Crippen LogP contribution is 2.36. The molecule has 9 heteroatoms. The number of fused-ring (bicyclic) bond motifs is 2. The molecule has 0 spiro atoms. The molecule has 4 aromatic rings. The monoisotopic (exact) mass is 471 g/mol. The van der Waals surface area contributed by atoms with E-state index in [2.05, 4.69) is 32.7 Å². The first-order chi connectivity index (χ1) is 16.9. The molecule has 0 atom stereocenters. The highest BCUT2D eigenvalue weighted by molar-refractivity contribution is 5.77. The summed E-state index contributed by atoms with van der Waals surface area (Å²) in [5, 5.41) is 17.1. The summed E-state index contributed by atoms with van der Waals surface area (Å²) in [5.41, 5.74) is 5.07. The molecule has 2 aliphatic rings. The van der Waals surface area contributed by atoms with E-state index in [1.807, 2.05) is 36.7 Å². The Morgan fingerprint density at radius 2 is 2.03 bits per heavy atom. The van der Waals surface area contributed by atoms with Gasteiger partial charge in [-0.15, -0.1) is 0 Å². The molecule has 180 valence electrons. The molecule has 0 saturated heterocycles. The average Bonchev–Trinajstić information content (AvgIpc) is 3.68. The fourth-order valence-electron chi connectivity index (χ4n) is 4.64. The van der Waals surface area contributed by atoms with E-state index >= 15 is 0 Å². The van der Waals surface area contributed by atoms with E-state index in [-0.39, 0.29) is 18.2 Å². The lowest BCUT2D eigenvalue weighted by atomic mass is 9.90. The van der Waals surface area contributed by atoms with Crippen molar-refractivity contribution in [3.05, 3.63) is 69.9 Å². The summed E-state index contributed by atoms with van der Waals surface area (Å²) in [6.07, 6.45) is 6.24. The van der Waals surface area contributed by atoms with Crippen molar-refractivity contribution in [3.8, 4) is 5.69 Å². The third-order valence-electron chi connectivity index (χ3n) is 6.94. The van der Waals surface area contributed by atoms with Gasteiger partial charge in [0, 0.05) is 30.0 Å². The Kier molecular flexibility index (Phi) is 5.19. The minimum absolute atomic E-state index is 0.0294. The molecule has 3 aromatic heterocycles. The predicted octanol–water partition coefficient (Wildman–Crippen LogP) is 2.97. The van der Waals surface area contributed by atoms with E-state index in [0.717, 1.165) is 49.4 Å². The zero-order valence-electron chi connectivity index (χ0n) is 20.0. The number of nitrogens with zero attached hydrogens (tertiary/aromatic N) is 5. The Bertz CT molecular complexity index is 1480. The van der Waals surface area contributed by atoms with Crippen LogP contribution in [0.2, 0.25) is 0 Å². The molecule has 4 heterocycles. The van der Waals surface area contributed by atoms with Crippen molar-refractivity contribution < 1.29 is 5.11 Å². The zero-order valence-corrected chi connectivity index (χ0v) is 20.0. The highest BCUT2D eigenvalue weighted by Gasteiger charge is 2.31. The molecule has 3 N–H and O–H groups in total. The molecule has 0 unspecified atom stereocenters. The fourth-order valence-corrected chi connectivity index (χ4v) is 4.64. The van der Waals surface area contributed by atoms with Crippen LogP contribution in [0.15, 0.2) is 47.5 Å². The molecule has 0 radical (unpaired) electrons. The van der Waals surface area contributed by atoms with E-state index in [1.54, 1.807) is 17.1 Å². The molecular weight excluding hydrogens is 442 g/mol. The van der Waals surface area contributed by atoms with E-state index < -0.39 is 5.41 Å². The lowest BCUT2D eigenvalue weighted by molar-refractivity contribution is 0.215. The maximum Gasteiger partial charge on any atom is 0.278 e. The van der Waals surface area contributed by atoms with Gasteiger partial charge >= 0.3 is 0 Å². The lowest BCUT2D eigenvalue weighted by Gasteiger charge is -2.22. The normalized spacial score (nSPS) is 15.9. The van der Waals surface area contributed by atoms with Gasteiger partial charge in [-0.25, -0.2) is 14.3 Å². The van der Waals surface area contributed by atoms with Crippen molar-refractivity contribution in [3.63, 3.8) is 0 Å². The van der Waals surface area contributed by atoms with Crippen LogP contribution in [0.3, 0.4) is 0 Å². The van der Waals surface area contributed by atoms with Crippen molar-refractivity contribution in [2.45, 2.75) is 51.1 Å².